The van der Waals surface area contributed by atoms with Crippen LogP contribution in [-0.4, -0.2) is 23.9 Å². The molecule has 0 aromatic carbocycles. The lowest BCUT2D eigenvalue weighted by Gasteiger charge is -1.90. The minimum atomic E-state index is 0. The molecule has 0 aromatic heterocycles. The molecule has 0 rings (SSSR count). The van der Waals surface area contributed by atoms with Gasteiger partial charge in [-0.25, -0.2) is 0 Å². The molecule has 0 spiro atoms. The van der Waals surface area contributed by atoms with Crippen LogP contribution in [-0.2, 0) is 0 Å². The lowest BCUT2D eigenvalue weighted by atomic mass is 10.2. The summed E-state index contributed by atoms with van der Waals surface area (Å²) in [5, 5.41) is 15.3. The Labute approximate surface area is 64.9 Å². The van der Waals surface area contributed by atoms with E-state index in [1.54, 1.807) is 0 Å². The zero-order chi connectivity index (χ0) is 7.54. The van der Waals surface area contributed by atoms with Gasteiger partial charge in [0.1, 0.15) is 0 Å². The fourth-order valence-electron chi connectivity index (χ4n) is 0.539. The third kappa shape index (κ3) is 24.7. The van der Waals surface area contributed by atoms with E-state index in [-0.39, 0.29) is 7.43 Å². The molecule has 2 nitrogen and oxygen atoms in total. The Bertz CT molecular complexity index is 26.4. The Hall–Kier alpha value is -0.0800. The first kappa shape index (κ1) is 16.5. The molecular formula is C8H22O2. The fraction of sp³-hybridized carbons (Fsp3) is 1.00. The van der Waals surface area contributed by atoms with Gasteiger partial charge >= 0.3 is 0 Å². The van der Waals surface area contributed by atoms with E-state index in [1.165, 1.54) is 19.3 Å². The summed E-state index contributed by atoms with van der Waals surface area (Å²) in [6.45, 7) is 2.53. The van der Waals surface area contributed by atoms with Crippen LogP contribution >= 0.6 is 0 Å². The third-order valence-corrected chi connectivity index (χ3v) is 1.01. The minimum Gasteiger partial charge on any atom is -0.400 e. The van der Waals surface area contributed by atoms with Gasteiger partial charge in [0.2, 0.25) is 0 Å². The summed E-state index contributed by atoms with van der Waals surface area (Å²) < 4.78 is 0. The number of aliphatic hydroxyl groups excluding tert-OH is 2. The van der Waals surface area contributed by atoms with E-state index in [4.69, 9.17) is 10.2 Å². The van der Waals surface area contributed by atoms with E-state index < -0.39 is 0 Å². The Morgan fingerprint density at radius 1 is 1.00 bits per heavy atom. The first-order valence-electron chi connectivity index (χ1n) is 3.47. The molecule has 0 radical (unpaired) electrons. The van der Waals surface area contributed by atoms with Gasteiger partial charge in [-0.2, -0.15) is 0 Å². The van der Waals surface area contributed by atoms with Crippen molar-refractivity contribution in [3.05, 3.63) is 0 Å². The van der Waals surface area contributed by atoms with E-state index in [0.29, 0.717) is 6.61 Å². The van der Waals surface area contributed by atoms with Crippen molar-refractivity contribution in [2.45, 2.75) is 40.0 Å². The van der Waals surface area contributed by atoms with E-state index in [9.17, 15) is 0 Å². The Morgan fingerprint density at radius 3 is 1.80 bits per heavy atom. The van der Waals surface area contributed by atoms with Crippen LogP contribution in [0.3, 0.4) is 0 Å². The Morgan fingerprint density at radius 2 is 1.50 bits per heavy atom. The van der Waals surface area contributed by atoms with Crippen LogP contribution in [0.25, 0.3) is 0 Å². The van der Waals surface area contributed by atoms with Gasteiger partial charge in [-0.15, -0.1) is 0 Å². The zero-order valence-corrected chi connectivity index (χ0v) is 6.43. The van der Waals surface area contributed by atoms with E-state index in [2.05, 4.69) is 6.92 Å². The third-order valence-electron chi connectivity index (χ3n) is 1.01. The highest BCUT2D eigenvalue weighted by Gasteiger charge is 1.80. The Kier molecular flexibility index (Phi) is 38.1. The first-order valence-corrected chi connectivity index (χ1v) is 3.47. The SMILES string of the molecule is C.CCCCCCO.CO. The topological polar surface area (TPSA) is 40.5 Å². The van der Waals surface area contributed by atoms with Crippen molar-refractivity contribution < 1.29 is 10.2 Å². The van der Waals surface area contributed by atoms with Gasteiger partial charge in [0, 0.05) is 13.7 Å². The average molecular weight is 150 g/mol. The maximum Gasteiger partial charge on any atom is 0.0431 e. The van der Waals surface area contributed by atoms with Crippen LogP contribution in [0.1, 0.15) is 40.0 Å². The molecule has 66 valence electrons. The van der Waals surface area contributed by atoms with Crippen molar-refractivity contribution in [1.29, 1.82) is 0 Å². The van der Waals surface area contributed by atoms with Crippen molar-refractivity contribution in [3.8, 4) is 0 Å². The van der Waals surface area contributed by atoms with Crippen molar-refractivity contribution >= 4 is 0 Å². The van der Waals surface area contributed by atoms with Crippen LogP contribution in [0.15, 0.2) is 0 Å². The van der Waals surface area contributed by atoms with Crippen LogP contribution in [0.5, 0.6) is 0 Å². The fourth-order valence-corrected chi connectivity index (χ4v) is 0.539. The molecule has 2 heteroatoms. The first-order chi connectivity index (χ1) is 4.41. The molecule has 0 bridgehead atoms. The molecule has 0 aliphatic rings. The molecular weight excluding hydrogens is 128 g/mol. The summed E-state index contributed by atoms with van der Waals surface area (Å²) in [6.07, 6.45) is 4.68. The second-order valence-corrected chi connectivity index (χ2v) is 1.78. The number of hydrogen-bond acceptors (Lipinski definition) is 2. The molecule has 0 saturated heterocycles. The van der Waals surface area contributed by atoms with Gasteiger partial charge in [0.15, 0.2) is 0 Å². The summed E-state index contributed by atoms with van der Waals surface area (Å²) in [6, 6.07) is 0. The molecule has 0 aliphatic heterocycles. The second-order valence-electron chi connectivity index (χ2n) is 1.78. The lowest BCUT2D eigenvalue weighted by molar-refractivity contribution is 0.283. The van der Waals surface area contributed by atoms with Crippen LogP contribution in [0, 0.1) is 0 Å². The molecule has 10 heavy (non-hydrogen) atoms. The van der Waals surface area contributed by atoms with Gasteiger partial charge in [0.05, 0.1) is 0 Å². The summed E-state index contributed by atoms with van der Waals surface area (Å²) in [4.78, 5) is 0. The van der Waals surface area contributed by atoms with Crippen LogP contribution in [0.4, 0.5) is 0 Å². The quantitative estimate of drug-likeness (QED) is 0.600. The van der Waals surface area contributed by atoms with Gasteiger partial charge in [-0.1, -0.05) is 33.6 Å². The molecule has 0 saturated carbocycles. The summed E-state index contributed by atoms with van der Waals surface area (Å²) in [5.41, 5.74) is 0. The highest BCUT2D eigenvalue weighted by molar-refractivity contribution is 4.35. The van der Waals surface area contributed by atoms with Crippen LogP contribution < -0.4 is 0 Å². The highest BCUT2D eigenvalue weighted by atomic mass is 16.3. The van der Waals surface area contributed by atoms with Crippen molar-refractivity contribution in [2.75, 3.05) is 13.7 Å². The molecule has 0 atom stereocenters. The zero-order valence-electron chi connectivity index (χ0n) is 6.43. The van der Waals surface area contributed by atoms with Crippen molar-refractivity contribution in [1.82, 2.24) is 0 Å². The number of hydrogen-bond donors (Lipinski definition) is 2. The maximum atomic E-state index is 8.29. The van der Waals surface area contributed by atoms with Crippen LogP contribution in [0.2, 0.25) is 0 Å². The average Bonchev–Trinajstić information content (AvgIpc) is 1.94. The van der Waals surface area contributed by atoms with Crippen molar-refractivity contribution in [2.24, 2.45) is 0 Å². The maximum absolute atomic E-state index is 8.29. The molecule has 0 unspecified atom stereocenters. The number of unbranched alkanes of at least 4 members (excludes halogenated alkanes) is 3. The van der Waals surface area contributed by atoms with E-state index in [0.717, 1.165) is 13.5 Å². The van der Waals surface area contributed by atoms with Gasteiger partial charge < -0.3 is 10.2 Å². The number of rotatable bonds is 4. The summed E-state index contributed by atoms with van der Waals surface area (Å²) in [7, 11) is 1.00. The van der Waals surface area contributed by atoms with Crippen molar-refractivity contribution in [3.63, 3.8) is 0 Å². The molecule has 0 amide bonds. The lowest BCUT2D eigenvalue weighted by Crippen LogP contribution is -1.80. The van der Waals surface area contributed by atoms with Gasteiger partial charge in [-0.05, 0) is 6.42 Å². The van der Waals surface area contributed by atoms with Gasteiger partial charge in [0.25, 0.3) is 0 Å². The summed E-state index contributed by atoms with van der Waals surface area (Å²) >= 11 is 0. The highest BCUT2D eigenvalue weighted by Crippen LogP contribution is 1.95. The van der Waals surface area contributed by atoms with Gasteiger partial charge in [-0.3, -0.25) is 0 Å². The predicted octanol–water partition coefficient (Wildman–Crippen LogP) is 1.80. The standard InChI is InChI=1S/C6H14O.CH4O.CH4/c1-2-3-4-5-6-7;1-2;/h7H,2-6H2,1H3;2H,1H3;1H4. The minimum absolute atomic E-state index is 0. The number of aliphatic hydroxyl groups is 2. The predicted molar refractivity (Wildman–Crippen MR) is 46.1 cm³/mol. The molecule has 0 fully saturated rings. The molecule has 0 aromatic rings. The van der Waals surface area contributed by atoms with E-state index in [1.807, 2.05) is 0 Å². The van der Waals surface area contributed by atoms with E-state index >= 15 is 0 Å². The monoisotopic (exact) mass is 150 g/mol. The summed E-state index contributed by atoms with van der Waals surface area (Å²) in [5.74, 6) is 0. The molecule has 0 heterocycles. The second kappa shape index (κ2) is 23.1. The normalized spacial score (nSPS) is 7.20. The largest absolute Gasteiger partial charge is 0.400 e. The Balaban J connectivity index is -0.000000149. The molecule has 2 N–H and O–H groups in total. The smallest absolute Gasteiger partial charge is 0.0431 e. The molecule has 0 aliphatic carbocycles.